The number of amides is 1. The lowest BCUT2D eigenvalue weighted by Crippen LogP contribution is -2.58. The van der Waals surface area contributed by atoms with E-state index in [0.29, 0.717) is 18.0 Å². The van der Waals surface area contributed by atoms with Crippen LogP contribution in [-0.2, 0) is 11.8 Å². The molecule has 3 aliphatic rings. The second kappa shape index (κ2) is 8.71. The summed E-state index contributed by atoms with van der Waals surface area (Å²) >= 11 is 0. The van der Waals surface area contributed by atoms with Crippen molar-refractivity contribution >= 4 is 22.5 Å². The van der Waals surface area contributed by atoms with E-state index in [1.54, 1.807) is 11.0 Å². The molecule has 3 aliphatic carbocycles. The van der Waals surface area contributed by atoms with Crippen molar-refractivity contribution in [3.63, 3.8) is 0 Å². The van der Waals surface area contributed by atoms with Crippen LogP contribution in [0.15, 0.2) is 55.0 Å². The average Bonchev–Trinajstić information content (AvgIpc) is 3.18. The molecule has 36 heavy (non-hydrogen) atoms. The van der Waals surface area contributed by atoms with Crippen LogP contribution in [0.4, 0.5) is 5.69 Å². The number of nitrogens with one attached hydrogen (secondary N) is 1. The lowest BCUT2D eigenvalue weighted by Gasteiger charge is -2.60. The molecule has 0 spiro atoms. The Balaban J connectivity index is 1.44. The van der Waals surface area contributed by atoms with Crippen molar-refractivity contribution < 1.29 is 9.53 Å². The van der Waals surface area contributed by atoms with Crippen molar-refractivity contribution in [2.24, 2.45) is 18.4 Å². The quantitative estimate of drug-likeness (QED) is 0.401. The van der Waals surface area contributed by atoms with Gasteiger partial charge in [-0.15, -0.1) is 0 Å². The van der Waals surface area contributed by atoms with Crippen molar-refractivity contribution in [3.8, 4) is 28.3 Å². The van der Waals surface area contributed by atoms with Gasteiger partial charge in [0, 0.05) is 42.4 Å². The number of carbonyl (C=O) groups is 1. The molecular weight excluding hydrogens is 452 g/mol. The van der Waals surface area contributed by atoms with Crippen LogP contribution < -0.4 is 10.1 Å². The molecule has 2 aromatic carbocycles. The summed E-state index contributed by atoms with van der Waals surface area (Å²) in [6.07, 6.45) is 6.53. The van der Waals surface area contributed by atoms with Gasteiger partial charge in [-0.25, -0.2) is 9.97 Å². The smallest absolute Gasteiger partial charge is 0.230 e. The number of rotatable bonds is 8. The molecular formula is C28H30N6O2. The summed E-state index contributed by atoms with van der Waals surface area (Å²) in [5, 5.41) is 8.76. The van der Waals surface area contributed by atoms with E-state index in [-0.39, 0.29) is 11.3 Å². The maximum absolute atomic E-state index is 13.2. The van der Waals surface area contributed by atoms with Crippen molar-refractivity contribution in [2.45, 2.75) is 19.3 Å². The highest BCUT2D eigenvalue weighted by atomic mass is 16.5. The zero-order valence-electron chi connectivity index (χ0n) is 20.9. The van der Waals surface area contributed by atoms with Gasteiger partial charge in [-0.05, 0) is 45.3 Å². The van der Waals surface area contributed by atoms with E-state index >= 15 is 0 Å². The van der Waals surface area contributed by atoms with Crippen LogP contribution >= 0.6 is 0 Å². The highest BCUT2D eigenvalue weighted by Gasteiger charge is 2.61. The highest BCUT2D eigenvalue weighted by Crippen LogP contribution is 2.64. The van der Waals surface area contributed by atoms with Gasteiger partial charge in [0.25, 0.3) is 0 Å². The molecule has 8 nitrogen and oxygen atoms in total. The van der Waals surface area contributed by atoms with E-state index < -0.39 is 0 Å². The molecule has 184 valence electrons. The van der Waals surface area contributed by atoms with Gasteiger partial charge in [0.1, 0.15) is 24.4 Å². The molecule has 0 radical (unpaired) electrons. The summed E-state index contributed by atoms with van der Waals surface area (Å²) in [5.41, 5.74) is 4.77. The number of hydrogen-bond donors (Lipinski definition) is 1. The monoisotopic (exact) mass is 482 g/mol. The molecule has 2 aromatic heterocycles. The molecule has 2 heterocycles. The van der Waals surface area contributed by atoms with Crippen LogP contribution in [0.5, 0.6) is 5.75 Å². The Morgan fingerprint density at radius 2 is 1.92 bits per heavy atom. The maximum Gasteiger partial charge on any atom is 0.230 e. The SMILES string of the molecule is CN(C)CCOc1cc2ncnc(-c3cn(C)nc3-c3ccccc3)c2cc1NC(=O)C12CC(C1)C2. The van der Waals surface area contributed by atoms with Crippen molar-refractivity contribution in [2.75, 3.05) is 32.6 Å². The summed E-state index contributed by atoms with van der Waals surface area (Å²) in [4.78, 5) is 24.5. The number of fused-ring (bicyclic) bond motifs is 1. The molecule has 4 aromatic rings. The number of hydrogen-bond acceptors (Lipinski definition) is 6. The lowest BCUT2D eigenvalue weighted by molar-refractivity contribution is -0.158. The summed E-state index contributed by atoms with van der Waals surface area (Å²) in [5.74, 6) is 1.44. The molecule has 3 saturated carbocycles. The topological polar surface area (TPSA) is 85.2 Å². The van der Waals surface area contributed by atoms with Gasteiger partial charge in [0.15, 0.2) is 0 Å². The second-order valence-electron chi connectivity index (χ2n) is 10.4. The van der Waals surface area contributed by atoms with E-state index in [1.807, 2.05) is 69.8 Å². The van der Waals surface area contributed by atoms with Gasteiger partial charge < -0.3 is 15.0 Å². The van der Waals surface area contributed by atoms with Crippen LogP contribution in [0.2, 0.25) is 0 Å². The van der Waals surface area contributed by atoms with E-state index in [2.05, 4.69) is 20.2 Å². The minimum Gasteiger partial charge on any atom is -0.490 e. The van der Waals surface area contributed by atoms with Crippen molar-refractivity contribution in [1.29, 1.82) is 0 Å². The Kier molecular flexibility index (Phi) is 5.48. The first-order valence-corrected chi connectivity index (χ1v) is 12.4. The van der Waals surface area contributed by atoms with Gasteiger partial charge >= 0.3 is 0 Å². The highest BCUT2D eigenvalue weighted by molar-refractivity contribution is 6.03. The predicted molar refractivity (Wildman–Crippen MR) is 140 cm³/mol. The minimum atomic E-state index is -0.194. The molecule has 0 saturated heterocycles. The second-order valence-corrected chi connectivity index (χ2v) is 10.4. The molecule has 8 heteroatoms. The fraction of sp³-hybridized carbons (Fsp3) is 0.357. The molecule has 0 unspecified atom stereocenters. The number of ether oxygens (including phenoxy) is 1. The van der Waals surface area contributed by atoms with Gasteiger partial charge in [-0.1, -0.05) is 30.3 Å². The largest absolute Gasteiger partial charge is 0.490 e. The van der Waals surface area contributed by atoms with Crippen LogP contribution in [0, 0.1) is 11.3 Å². The zero-order chi connectivity index (χ0) is 24.9. The molecule has 1 amide bonds. The number of nitrogens with zero attached hydrogens (tertiary/aromatic N) is 5. The molecule has 7 rings (SSSR count). The van der Waals surface area contributed by atoms with E-state index in [1.165, 1.54) is 0 Å². The number of aromatic nitrogens is 4. The van der Waals surface area contributed by atoms with Gasteiger partial charge in [-0.2, -0.15) is 5.10 Å². The third-order valence-electron chi connectivity index (χ3n) is 7.43. The van der Waals surface area contributed by atoms with E-state index in [9.17, 15) is 4.79 Å². The first kappa shape index (κ1) is 22.7. The fourth-order valence-corrected chi connectivity index (χ4v) is 5.34. The summed E-state index contributed by atoms with van der Waals surface area (Å²) in [6, 6.07) is 13.9. The molecule has 1 N–H and O–H groups in total. The third-order valence-corrected chi connectivity index (χ3v) is 7.43. The number of anilines is 1. The Labute approximate surface area is 210 Å². The number of aryl methyl sites for hydroxylation is 1. The normalized spacial score (nSPS) is 20.2. The van der Waals surface area contributed by atoms with Crippen LogP contribution in [-0.4, -0.2) is 57.8 Å². The first-order valence-electron chi connectivity index (χ1n) is 12.4. The van der Waals surface area contributed by atoms with E-state index in [0.717, 1.165) is 65.1 Å². The van der Waals surface area contributed by atoms with Crippen molar-refractivity contribution in [3.05, 3.63) is 55.0 Å². The fourth-order valence-electron chi connectivity index (χ4n) is 5.34. The Morgan fingerprint density at radius 3 is 2.61 bits per heavy atom. The van der Waals surface area contributed by atoms with Gasteiger partial charge in [0.2, 0.25) is 5.91 Å². The van der Waals surface area contributed by atoms with Crippen molar-refractivity contribution in [1.82, 2.24) is 24.6 Å². The number of carbonyl (C=O) groups excluding carboxylic acids is 1. The lowest BCUT2D eigenvalue weighted by atomic mass is 9.44. The van der Waals surface area contributed by atoms with Crippen LogP contribution in [0.3, 0.4) is 0 Å². The molecule has 0 atom stereocenters. The average molecular weight is 483 g/mol. The summed E-state index contributed by atoms with van der Waals surface area (Å²) in [6.45, 7) is 1.27. The standard InChI is InChI=1S/C28H30N6O2/c1-33(2)9-10-36-24-12-22-20(11-23(24)31-27(35)28-13-18(14-28)15-28)26(30-17-29-22)21-16-34(3)32-25(21)19-7-5-4-6-8-19/h4-8,11-12,16-18H,9-10,13-15H2,1-3H3,(H,31,35). The number of benzene rings is 2. The minimum absolute atomic E-state index is 0.0894. The first-order chi connectivity index (χ1) is 17.4. The Bertz CT molecular complexity index is 1430. The van der Waals surface area contributed by atoms with Gasteiger partial charge in [0.05, 0.1) is 22.3 Å². The summed E-state index contributed by atoms with van der Waals surface area (Å²) < 4.78 is 7.94. The van der Waals surface area contributed by atoms with E-state index in [4.69, 9.17) is 9.84 Å². The molecule has 0 aliphatic heterocycles. The Hall–Kier alpha value is -3.78. The van der Waals surface area contributed by atoms with Crippen LogP contribution in [0.1, 0.15) is 19.3 Å². The Morgan fingerprint density at radius 1 is 1.14 bits per heavy atom. The predicted octanol–water partition coefficient (Wildman–Crippen LogP) is 4.38. The number of likely N-dealkylation sites (N-methyl/N-ethyl adjacent to an activating group) is 1. The summed E-state index contributed by atoms with van der Waals surface area (Å²) in [7, 11) is 5.92. The molecule has 3 fully saturated rings. The molecule has 2 bridgehead atoms. The zero-order valence-corrected chi connectivity index (χ0v) is 20.9. The van der Waals surface area contributed by atoms with Gasteiger partial charge in [-0.3, -0.25) is 9.48 Å². The maximum atomic E-state index is 13.2. The van der Waals surface area contributed by atoms with Crippen LogP contribution in [0.25, 0.3) is 33.4 Å². The third kappa shape index (κ3) is 3.91.